The maximum Gasteiger partial charge on any atom is 0.338 e. The van der Waals surface area contributed by atoms with Gasteiger partial charge in [-0.05, 0) is 30.7 Å². The number of cyclic esters (lactones) is 1. The fraction of sp³-hybridized carbons (Fsp3) is 0.222. The molecular weight excluding hydrogens is 312 g/mol. The molecule has 6 nitrogen and oxygen atoms in total. The van der Waals surface area contributed by atoms with E-state index in [0.717, 1.165) is 11.1 Å². The summed E-state index contributed by atoms with van der Waals surface area (Å²) in [6.07, 6.45) is 0. The molecule has 0 saturated heterocycles. The fourth-order valence-electron chi connectivity index (χ4n) is 2.68. The van der Waals surface area contributed by atoms with Crippen molar-refractivity contribution >= 4 is 11.8 Å². The molecule has 1 heterocycles. The van der Waals surface area contributed by atoms with Crippen molar-refractivity contribution in [1.82, 2.24) is 0 Å². The number of fused-ring (bicyclic) bond motifs is 1. The molecule has 0 fully saturated rings. The van der Waals surface area contributed by atoms with Crippen LogP contribution in [-0.4, -0.2) is 30.6 Å². The molecule has 0 saturated carbocycles. The highest BCUT2D eigenvalue weighted by molar-refractivity contribution is 5.96. The van der Waals surface area contributed by atoms with Crippen molar-refractivity contribution < 1.29 is 28.9 Å². The number of esters is 1. The monoisotopic (exact) mass is 328 g/mol. The van der Waals surface area contributed by atoms with Crippen LogP contribution in [0.3, 0.4) is 0 Å². The van der Waals surface area contributed by atoms with Crippen molar-refractivity contribution in [1.29, 1.82) is 0 Å². The summed E-state index contributed by atoms with van der Waals surface area (Å²) in [5.74, 6) is -0.247. The second-order valence-electron chi connectivity index (χ2n) is 5.39. The van der Waals surface area contributed by atoms with Gasteiger partial charge in [-0.25, -0.2) is 4.79 Å². The second kappa shape index (κ2) is 6.23. The van der Waals surface area contributed by atoms with E-state index in [1.165, 1.54) is 20.1 Å². The summed E-state index contributed by atoms with van der Waals surface area (Å²) in [7, 11) is 1.40. The molecular formula is C18H16O6. The number of hydrogen-bond acceptors (Lipinski definition) is 6. The lowest BCUT2D eigenvalue weighted by Crippen LogP contribution is -2.08. The Hall–Kier alpha value is -3.02. The zero-order chi connectivity index (χ0) is 17.3. The van der Waals surface area contributed by atoms with Crippen molar-refractivity contribution in [3.63, 3.8) is 0 Å². The molecule has 0 atom stereocenters. The lowest BCUT2D eigenvalue weighted by atomic mass is 9.96. The summed E-state index contributed by atoms with van der Waals surface area (Å²) in [6, 6.07) is 8.40. The molecule has 0 unspecified atom stereocenters. The molecule has 1 aliphatic heterocycles. The van der Waals surface area contributed by atoms with Crippen LogP contribution < -0.4 is 9.47 Å². The first-order chi connectivity index (χ1) is 11.5. The lowest BCUT2D eigenvalue weighted by molar-refractivity contribution is -0.118. The fourth-order valence-corrected chi connectivity index (χ4v) is 2.68. The van der Waals surface area contributed by atoms with E-state index in [1.807, 2.05) is 6.07 Å². The number of methoxy groups -OCH3 is 1. The van der Waals surface area contributed by atoms with Gasteiger partial charge in [-0.2, -0.15) is 0 Å². The normalized spacial score (nSPS) is 12.5. The van der Waals surface area contributed by atoms with Crippen molar-refractivity contribution in [3.05, 3.63) is 41.5 Å². The third-order valence-corrected chi connectivity index (χ3v) is 3.75. The predicted octanol–water partition coefficient (Wildman–Crippen LogP) is 2.71. The topological polar surface area (TPSA) is 82.1 Å². The number of benzene rings is 2. The van der Waals surface area contributed by atoms with Crippen molar-refractivity contribution in [3.8, 4) is 28.4 Å². The van der Waals surface area contributed by atoms with Gasteiger partial charge in [0.2, 0.25) is 5.75 Å². The molecule has 0 aliphatic carbocycles. The van der Waals surface area contributed by atoms with Gasteiger partial charge >= 0.3 is 5.97 Å². The van der Waals surface area contributed by atoms with Crippen molar-refractivity contribution in [2.45, 2.75) is 13.5 Å². The first kappa shape index (κ1) is 15.9. The third-order valence-electron chi connectivity index (χ3n) is 3.75. The number of phenolic OH excluding ortho intramolecular Hbond substituents is 1. The van der Waals surface area contributed by atoms with Crippen LogP contribution >= 0.6 is 0 Å². The number of ketones is 1. The molecule has 2 aromatic carbocycles. The number of phenols is 1. The van der Waals surface area contributed by atoms with Gasteiger partial charge in [-0.1, -0.05) is 12.1 Å². The minimum absolute atomic E-state index is 0.0975. The Balaban J connectivity index is 2.18. The zero-order valence-electron chi connectivity index (χ0n) is 13.3. The summed E-state index contributed by atoms with van der Waals surface area (Å²) in [5.41, 5.74) is 2.58. The van der Waals surface area contributed by atoms with E-state index in [1.54, 1.807) is 18.2 Å². The van der Waals surface area contributed by atoms with Gasteiger partial charge in [0.15, 0.2) is 17.3 Å². The van der Waals surface area contributed by atoms with Crippen LogP contribution in [0.5, 0.6) is 17.2 Å². The van der Waals surface area contributed by atoms with Gasteiger partial charge in [0.25, 0.3) is 0 Å². The third kappa shape index (κ3) is 2.67. The summed E-state index contributed by atoms with van der Waals surface area (Å²) < 4.78 is 15.9. The quantitative estimate of drug-likeness (QED) is 0.850. The Morgan fingerprint density at radius 3 is 2.62 bits per heavy atom. The molecule has 124 valence electrons. The number of aromatic hydroxyl groups is 1. The van der Waals surface area contributed by atoms with Crippen LogP contribution in [0.1, 0.15) is 22.8 Å². The van der Waals surface area contributed by atoms with E-state index >= 15 is 0 Å². The minimum Gasteiger partial charge on any atom is -0.504 e. The van der Waals surface area contributed by atoms with Crippen molar-refractivity contribution in [2.24, 2.45) is 0 Å². The molecule has 6 heteroatoms. The van der Waals surface area contributed by atoms with Crippen molar-refractivity contribution in [2.75, 3.05) is 13.7 Å². The number of rotatable bonds is 5. The second-order valence-corrected chi connectivity index (χ2v) is 5.39. The Labute approximate surface area is 138 Å². The molecule has 2 aromatic rings. The molecule has 1 N–H and O–H groups in total. The summed E-state index contributed by atoms with van der Waals surface area (Å²) in [4.78, 5) is 23.1. The van der Waals surface area contributed by atoms with Crippen LogP contribution in [0.4, 0.5) is 0 Å². The van der Waals surface area contributed by atoms with E-state index in [-0.39, 0.29) is 42.2 Å². The van der Waals surface area contributed by atoms with Gasteiger partial charge in [-0.3, -0.25) is 4.79 Å². The Bertz CT molecular complexity index is 824. The molecule has 0 bridgehead atoms. The van der Waals surface area contributed by atoms with E-state index in [4.69, 9.17) is 14.2 Å². The highest BCUT2D eigenvalue weighted by atomic mass is 16.5. The maximum absolute atomic E-state index is 11.8. The van der Waals surface area contributed by atoms with Gasteiger partial charge < -0.3 is 19.3 Å². The van der Waals surface area contributed by atoms with Crippen LogP contribution in [0.15, 0.2) is 30.3 Å². The Morgan fingerprint density at radius 1 is 1.17 bits per heavy atom. The van der Waals surface area contributed by atoms with E-state index < -0.39 is 0 Å². The van der Waals surface area contributed by atoms with Gasteiger partial charge in [-0.15, -0.1) is 0 Å². The molecule has 0 radical (unpaired) electrons. The van der Waals surface area contributed by atoms with E-state index in [0.29, 0.717) is 11.1 Å². The molecule has 0 spiro atoms. The highest BCUT2D eigenvalue weighted by Gasteiger charge is 2.26. The first-order valence-electron chi connectivity index (χ1n) is 7.34. The molecule has 24 heavy (non-hydrogen) atoms. The van der Waals surface area contributed by atoms with E-state index in [2.05, 4.69) is 0 Å². The predicted molar refractivity (Wildman–Crippen MR) is 85.4 cm³/mol. The van der Waals surface area contributed by atoms with Crippen LogP contribution in [-0.2, 0) is 16.1 Å². The number of hydrogen-bond donors (Lipinski definition) is 1. The first-order valence-corrected chi connectivity index (χ1v) is 7.34. The van der Waals surface area contributed by atoms with E-state index in [9.17, 15) is 14.7 Å². The summed E-state index contributed by atoms with van der Waals surface area (Å²) >= 11 is 0. The largest absolute Gasteiger partial charge is 0.504 e. The Morgan fingerprint density at radius 2 is 1.92 bits per heavy atom. The summed E-state index contributed by atoms with van der Waals surface area (Å²) in [5, 5.41) is 9.99. The summed E-state index contributed by atoms with van der Waals surface area (Å²) in [6.45, 7) is 1.42. The van der Waals surface area contributed by atoms with Crippen LogP contribution in [0, 0.1) is 0 Å². The average Bonchev–Trinajstić information content (AvgIpc) is 2.94. The number of ether oxygens (including phenoxy) is 3. The number of carbonyl (C=O) groups excluding carboxylic acids is 2. The Kier molecular flexibility index (Phi) is 4.12. The van der Waals surface area contributed by atoms with Crippen LogP contribution in [0.2, 0.25) is 0 Å². The molecule has 1 aliphatic rings. The minimum atomic E-state index is -0.371. The smallest absolute Gasteiger partial charge is 0.338 e. The highest BCUT2D eigenvalue weighted by Crippen LogP contribution is 2.45. The van der Waals surface area contributed by atoms with Crippen LogP contribution in [0.25, 0.3) is 11.1 Å². The number of Topliss-reactive ketones (excluding diaryl/α,β-unsaturated/α-hetero) is 1. The maximum atomic E-state index is 11.8. The molecule has 0 aromatic heterocycles. The lowest BCUT2D eigenvalue weighted by Gasteiger charge is -2.17. The number of carbonyl (C=O) groups is 2. The zero-order valence-corrected chi connectivity index (χ0v) is 13.3. The average molecular weight is 328 g/mol. The standard InChI is InChI=1S/C18H16O6/c1-10(19)8-23-16-12(6-7-15(20)17(16)22-2)11-4-3-5-13-14(11)9-24-18(13)21/h3-7,20H,8-9H2,1-2H3. The molecule has 3 rings (SSSR count). The SMILES string of the molecule is COc1c(O)ccc(-c2cccc3c2COC3=O)c1OCC(C)=O. The van der Waals surface area contributed by atoms with Gasteiger partial charge in [0, 0.05) is 11.1 Å². The van der Waals surface area contributed by atoms with Gasteiger partial charge in [0.05, 0.1) is 12.7 Å². The van der Waals surface area contributed by atoms with Gasteiger partial charge in [0.1, 0.15) is 13.2 Å². The molecule has 0 amide bonds.